The maximum Gasteiger partial charge on any atom is 0.237 e. The van der Waals surface area contributed by atoms with Crippen molar-refractivity contribution in [3.63, 3.8) is 0 Å². The molecular weight excluding hydrogens is 374 g/mol. The lowest BCUT2D eigenvalue weighted by atomic mass is 10.3. The smallest absolute Gasteiger partial charge is 0.237 e. The van der Waals surface area contributed by atoms with Crippen LogP contribution in [0.25, 0.3) is 0 Å². The maximum atomic E-state index is 12.3. The van der Waals surface area contributed by atoms with E-state index in [1.165, 1.54) is 23.1 Å². The van der Waals surface area contributed by atoms with Crippen molar-refractivity contribution in [3.8, 4) is 5.75 Å². The van der Waals surface area contributed by atoms with Crippen LogP contribution in [-0.2, 0) is 4.79 Å². The van der Waals surface area contributed by atoms with E-state index < -0.39 is 0 Å². The number of nitrogens with one attached hydrogen (secondary N) is 1. The summed E-state index contributed by atoms with van der Waals surface area (Å²) < 4.78 is 7.07. The molecule has 0 bridgehead atoms. The Labute approximate surface area is 160 Å². The maximum absolute atomic E-state index is 12.3. The SMILES string of the molecule is C=C(C)CSc1nnc(S[C@H](C)C(=O)Nc2ccc(OCC)cc2)s1. The van der Waals surface area contributed by atoms with Crippen LogP contribution in [-0.4, -0.2) is 33.7 Å². The lowest BCUT2D eigenvalue weighted by molar-refractivity contribution is -0.115. The highest BCUT2D eigenvalue weighted by molar-refractivity contribution is 8.04. The van der Waals surface area contributed by atoms with Crippen LogP contribution < -0.4 is 10.1 Å². The molecule has 2 rings (SSSR count). The minimum atomic E-state index is -0.265. The molecule has 0 radical (unpaired) electrons. The van der Waals surface area contributed by atoms with E-state index in [1.807, 2.05) is 45.0 Å². The third kappa shape index (κ3) is 6.72. The molecular formula is C17H21N3O2S3. The molecule has 0 aliphatic heterocycles. The molecule has 0 unspecified atom stereocenters. The molecule has 25 heavy (non-hydrogen) atoms. The monoisotopic (exact) mass is 395 g/mol. The van der Waals surface area contributed by atoms with E-state index in [0.717, 1.165) is 31.4 Å². The van der Waals surface area contributed by atoms with Gasteiger partial charge in [-0.1, -0.05) is 47.0 Å². The van der Waals surface area contributed by atoms with Gasteiger partial charge in [-0.2, -0.15) is 0 Å². The first-order valence-electron chi connectivity index (χ1n) is 7.79. The standard InChI is InChI=1S/C17H21N3O2S3/c1-5-22-14-8-6-13(7-9-14)18-15(21)12(4)24-17-20-19-16(25-17)23-10-11(2)3/h6-9,12H,2,5,10H2,1,3-4H3,(H,18,21)/t12-/m1/s1. The van der Waals surface area contributed by atoms with E-state index in [4.69, 9.17) is 4.74 Å². The number of rotatable bonds is 9. The van der Waals surface area contributed by atoms with E-state index in [-0.39, 0.29) is 11.2 Å². The third-order valence-corrected chi connectivity index (χ3v) is 6.38. The summed E-state index contributed by atoms with van der Waals surface area (Å²) >= 11 is 4.52. The first-order valence-corrected chi connectivity index (χ1v) is 10.5. The van der Waals surface area contributed by atoms with Gasteiger partial charge < -0.3 is 10.1 Å². The number of ether oxygens (including phenoxy) is 1. The second-order valence-corrected chi connectivity index (χ2v) is 9.07. The number of benzene rings is 1. The summed E-state index contributed by atoms with van der Waals surface area (Å²) in [7, 11) is 0. The van der Waals surface area contributed by atoms with Gasteiger partial charge in [0.15, 0.2) is 8.68 Å². The fraction of sp³-hybridized carbons (Fsp3) is 0.353. The fourth-order valence-corrected chi connectivity index (χ4v) is 4.75. The first-order chi connectivity index (χ1) is 12.0. The average molecular weight is 396 g/mol. The Bertz CT molecular complexity index is 716. The summed E-state index contributed by atoms with van der Waals surface area (Å²) in [6, 6.07) is 7.34. The largest absolute Gasteiger partial charge is 0.494 e. The Morgan fingerprint density at radius 2 is 2.00 bits per heavy atom. The summed E-state index contributed by atoms with van der Waals surface area (Å²) in [5.41, 5.74) is 1.84. The molecule has 1 atom stereocenters. The molecule has 2 aromatic rings. The number of nitrogens with zero attached hydrogens (tertiary/aromatic N) is 2. The fourth-order valence-electron chi connectivity index (χ4n) is 1.74. The zero-order valence-corrected chi connectivity index (χ0v) is 16.9. The molecule has 0 saturated heterocycles. The van der Waals surface area contributed by atoms with Gasteiger partial charge in [-0.25, -0.2) is 0 Å². The predicted octanol–water partition coefficient (Wildman–Crippen LogP) is 4.72. The van der Waals surface area contributed by atoms with Gasteiger partial charge in [0.05, 0.1) is 11.9 Å². The molecule has 0 saturated carbocycles. The van der Waals surface area contributed by atoms with Gasteiger partial charge >= 0.3 is 0 Å². The normalized spacial score (nSPS) is 11.8. The zero-order chi connectivity index (χ0) is 18.2. The molecule has 1 N–H and O–H groups in total. The highest BCUT2D eigenvalue weighted by atomic mass is 32.2. The molecule has 1 heterocycles. The van der Waals surface area contributed by atoms with Crippen LogP contribution >= 0.6 is 34.9 Å². The van der Waals surface area contributed by atoms with Gasteiger partial charge in [0, 0.05) is 11.4 Å². The molecule has 5 nitrogen and oxygen atoms in total. The quantitative estimate of drug-likeness (QED) is 0.489. The first kappa shape index (κ1) is 19.8. The van der Waals surface area contributed by atoms with Crippen molar-refractivity contribution in [2.75, 3.05) is 17.7 Å². The summed E-state index contributed by atoms with van der Waals surface area (Å²) in [5, 5.41) is 10.9. The Kier molecular flexibility index (Phi) is 7.80. The van der Waals surface area contributed by atoms with Crippen molar-refractivity contribution in [2.24, 2.45) is 0 Å². The van der Waals surface area contributed by atoms with Gasteiger partial charge in [-0.3, -0.25) is 4.79 Å². The molecule has 1 aromatic carbocycles. The number of thioether (sulfide) groups is 2. The Hall–Kier alpha value is -1.51. The highest BCUT2D eigenvalue weighted by Gasteiger charge is 2.17. The minimum absolute atomic E-state index is 0.0690. The third-order valence-electron chi connectivity index (χ3n) is 2.91. The van der Waals surface area contributed by atoms with E-state index in [9.17, 15) is 4.79 Å². The van der Waals surface area contributed by atoms with Crippen molar-refractivity contribution in [1.82, 2.24) is 10.2 Å². The average Bonchev–Trinajstić information content (AvgIpc) is 3.02. The number of anilines is 1. The van der Waals surface area contributed by atoms with Gasteiger partial charge in [0.1, 0.15) is 5.75 Å². The van der Waals surface area contributed by atoms with Gasteiger partial charge in [0.2, 0.25) is 5.91 Å². The van der Waals surface area contributed by atoms with Crippen molar-refractivity contribution in [2.45, 2.75) is 34.7 Å². The number of hydrogen-bond acceptors (Lipinski definition) is 7. The van der Waals surface area contributed by atoms with Crippen LogP contribution in [0.15, 0.2) is 45.1 Å². The lowest BCUT2D eigenvalue weighted by Gasteiger charge is -2.11. The van der Waals surface area contributed by atoms with E-state index in [1.54, 1.807) is 11.8 Å². The van der Waals surface area contributed by atoms with Crippen molar-refractivity contribution < 1.29 is 9.53 Å². The molecule has 1 amide bonds. The Morgan fingerprint density at radius 3 is 2.64 bits per heavy atom. The molecule has 0 spiro atoms. The molecule has 8 heteroatoms. The summed E-state index contributed by atoms with van der Waals surface area (Å²) in [5.74, 6) is 1.55. The molecule has 1 aromatic heterocycles. The van der Waals surface area contributed by atoms with Gasteiger partial charge in [0.25, 0.3) is 0 Å². The number of carbonyl (C=O) groups is 1. The van der Waals surface area contributed by atoms with Crippen molar-refractivity contribution in [3.05, 3.63) is 36.4 Å². The van der Waals surface area contributed by atoms with Crippen molar-refractivity contribution in [1.29, 1.82) is 0 Å². The molecule has 134 valence electrons. The van der Waals surface area contributed by atoms with Crippen LogP contribution in [0.2, 0.25) is 0 Å². The van der Waals surface area contributed by atoms with Crippen LogP contribution in [0.5, 0.6) is 5.75 Å². The second kappa shape index (κ2) is 9.84. The van der Waals surface area contributed by atoms with Gasteiger partial charge in [-0.05, 0) is 45.0 Å². The zero-order valence-electron chi connectivity index (χ0n) is 14.4. The van der Waals surface area contributed by atoms with E-state index in [0.29, 0.717) is 6.61 Å². The summed E-state index contributed by atoms with van der Waals surface area (Å²) in [6.07, 6.45) is 0. The topological polar surface area (TPSA) is 64.1 Å². The highest BCUT2D eigenvalue weighted by Crippen LogP contribution is 2.32. The minimum Gasteiger partial charge on any atom is -0.494 e. The van der Waals surface area contributed by atoms with Crippen LogP contribution in [0, 0.1) is 0 Å². The Balaban J connectivity index is 1.86. The van der Waals surface area contributed by atoms with Gasteiger partial charge in [-0.15, -0.1) is 10.2 Å². The summed E-state index contributed by atoms with van der Waals surface area (Å²) in [4.78, 5) is 12.3. The van der Waals surface area contributed by atoms with Crippen LogP contribution in [0.1, 0.15) is 20.8 Å². The number of aromatic nitrogens is 2. The van der Waals surface area contributed by atoms with Crippen LogP contribution in [0.4, 0.5) is 5.69 Å². The van der Waals surface area contributed by atoms with Crippen molar-refractivity contribution >= 4 is 46.5 Å². The number of hydrogen-bond donors (Lipinski definition) is 1. The molecule has 0 fully saturated rings. The van der Waals surface area contributed by atoms with E-state index >= 15 is 0 Å². The molecule has 0 aliphatic rings. The Morgan fingerprint density at radius 1 is 1.32 bits per heavy atom. The van der Waals surface area contributed by atoms with Crippen LogP contribution in [0.3, 0.4) is 0 Å². The number of amides is 1. The van der Waals surface area contributed by atoms with E-state index in [2.05, 4.69) is 22.1 Å². The lowest BCUT2D eigenvalue weighted by Crippen LogP contribution is -2.22. The second-order valence-electron chi connectivity index (χ2n) is 5.29. The predicted molar refractivity (Wildman–Crippen MR) is 107 cm³/mol. The summed E-state index contributed by atoms with van der Waals surface area (Å²) in [6.45, 7) is 10.3. The number of carbonyl (C=O) groups excluding carboxylic acids is 1. The molecule has 0 aliphatic carbocycles.